The fraction of sp³-hybridized carbons (Fsp3) is 0.519. The van der Waals surface area contributed by atoms with Crippen molar-refractivity contribution in [2.75, 3.05) is 13.3 Å². The van der Waals surface area contributed by atoms with Crippen LogP contribution in [-0.2, 0) is 22.6 Å². The fourth-order valence-corrected chi connectivity index (χ4v) is 5.14. The van der Waals surface area contributed by atoms with Gasteiger partial charge in [-0.05, 0) is 44.0 Å². The number of unbranched alkanes of at least 4 members (excludes halogenated alkanes) is 1. The highest BCUT2D eigenvalue weighted by Gasteiger charge is 2.51. The summed E-state index contributed by atoms with van der Waals surface area (Å²) in [5, 5.41) is 18.3. The molecule has 0 unspecified atom stereocenters. The van der Waals surface area contributed by atoms with Gasteiger partial charge >= 0.3 is 11.7 Å². The molecule has 0 aliphatic carbocycles. The number of rotatable bonds is 12. The molecule has 1 saturated heterocycles. The standard InChI is InChI=1S/C27H40N6O6Si/c1-7-8-13-30-22(34)20(21(28)29)23(35)33(26(30)38)19-11-9-18(10-12-19)16-32-25(37)31(24(36)27(32,2)3)17-39-14-15-40(4,5)6/h9-12,34H,7-8,13-17H2,1-6H3,(H3,28,29). The van der Waals surface area contributed by atoms with E-state index in [0.29, 0.717) is 18.6 Å². The van der Waals surface area contributed by atoms with Crippen LogP contribution in [-0.4, -0.2) is 68.8 Å². The number of nitrogen functional groups attached to an aromatic ring is 1. The average molecular weight is 573 g/mol. The highest BCUT2D eigenvalue weighted by atomic mass is 28.3. The zero-order valence-corrected chi connectivity index (χ0v) is 25.1. The van der Waals surface area contributed by atoms with Crippen LogP contribution in [0.5, 0.6) is 5.88 Å². The Kier molecular flexibility index (Phi) is 9.09. The van der Waals surface area contributed by atoms with E-state index in [9.17, 15) is 24.3 Å². The van der Waals surface area contributed by atoms with Crippen LogP contribution in [0, 0.1) is 5.41 Å². The number of nitrogens with one attached hydrogen (secondary N) is 1. The molecule has 1 aromatic heterocycles. The third kappa shape index (κ3) is 6.20. The maximum absolute atomic E-state index is 13.2. The summed E-state index contributed by atoms with van der Waals surface area (Å²) in [5.41, 5.74) is 3.26. The minimum Gasteiger partial charge on any atom is -0.494 e. The van der Waals surface area contributed by atoms with Crippen LogP contribution >= 0.6 is 0 Å². The van der Waals surface area contributed by atoms with Crippen LogP contribution in [0.1, 0.15) is 44.7 Å². The third-order valence-electron chi connectivity index (χ3n) is 6.98. The van der Waals surface area contributed by atoms with Gasteiger partial charge in [-0.25, -0.2) is 19.1 Å². The maximum Gasteiger partial charge on any atom is 0.338 e. The average Bonchev–Trinajstić information content (AvgIpc) is 3.01. The zero-order valence-electron chi connectivity index (χ0n) is 24.1. The Hall–Kier alpha value is -3.71. The first-order valence-electron chi connectivity index (χ1n) is 13.4. The van der Waals surface area contributed by atoms with Crippen molar-refractivity contribution in [2.45, 2.75) is 77.9 Å². The number of nitrogens with zero attached hydrogens (tertiary/aromatic N) is 4. The van der Waals surface area contributed by atoms with Gasteiger partial charge in [0.1, 0.15) is 23.7 Å². The summed E-state index contributed by atoms with van der Waals surface area (Å²) in [6.07, 6.45) is 1.31. The van der Waals surface area contributed by atoms with Crippen LogP contribution in [0.2, 0.25) is 25.7 Å². The van der Waals surface area contributed by atoms with Gasteiger partial charge in [0, 0.05) is 27.8 Å². The number of amidine groups is 1. The van der Waals surface area contributed by atoms with Crippen molar-refractivity contribution in [1.82, 2.24) is 18.9 Å². The molecular formula is C27H40N6O6Si. The van der Waals surface area contributed by atoms with E-state index >= 15 is 0 Å². The smallest absolute Gasteiger partial charge is 0.338 e. The van der Waals surface area contributed by atoms with Gasteiger partial charge in [-0.2, -0.15) is 0 Å². The molecule has 0 atom stereocenters. The van der Waals surface area contributed by atoms with Crippen molar-refractivity contribution in [3.8, 4) is 11.6 Å². The molecule has 1 aliphatic heterocycles. The van der Waals surface area contributed by atoms with Crippen LogP contribution in [0.4, 0.5) is 4.79 Å². The van der Waals surface area contributed by atoms with Crippen molar-refractivity contribution >= 4 is 25.8 Å². The van der Waals surface area contributed by atoms with Gasteiger partial charge in [-0.3, -0.25) is 19.6 Å². The molecule has 1 aromatic carbocycles. The lowest BCUT2D eigenvalue weighted by Gasteiger charge is -2.27. The zero-order chi connectivity index (χ0) is 30.0. The number of imide groups is 1. The van der Waals surface area contributed by atoms with Gasteiger partial charge in [0.15, 0.2) is 0 Å². The van der Waals surface area contributed by atoms with Crippen molar-refractivity contribution in [1.29, 1.82) is 5.41 Å². The van der Waals surface area contributed by atoms with Gasteiger partial charge in [0.2, 0.25) is 5.88 Å². The molecule has 0 saturated carbocycles. The molecule has 4 N–H and O–H groups in total. The lowest BCUT2D eigenvalue weighted by Crippen LogP contribution is -2.43. The van der Waals surface area contributed by atoms with Crippen LogP contribution in [0.25, 0.3) is 5.69 Å². The van der Waals surface area contributed by atoms with Gasteiger partial charge in [0.05, 0.1) is 5.69 Å². The van der Waals surface area contributed by atoms with Crippen molar-refractivity contribution in [2.24, 2.45) is 5.73 Å². The third-order valence-corrected chi connectivity index (χ3v) is 8.68. The summed E-state index contributed by atoms with van der Waals surface area (Å²) in [6, 6.07) is 6.85. The summed E-state index contributed by atoms with van der Waals surface area (Å²) >= 11 is 0. The molecule has 1 fully saturated rings. The summed E-state index contributed by atoms with van der Waals surface area (Å²) < 4.78 is 7.57. The SMILES string of the molecule is CCCCn1c(O)c(C(=N)N)c(=O)n(-c2ccc(CN3C(=O)N(COCC[Si](C)(C)C)C(=O)C3(C)C)cc2)c1=O. The maximum atomic E-state index is 13.2. The van der Waals surface area contributed by atoms with Crippen LogP contribution < -0.4 is 17.0 Å². The molecule has 13 heteroatoms. The first-order chi connectivity index (χ1) is 18.6. The van der Waals surface area contributed by atoms with Gasteiger partial charge < -0.3 is 20.5 Å². The molecule has 2 heterocycles. The minimum absolute atomic E-state index is 0.104. The molecule has 40 heavy (non-hydrogen) atoms. The Bertz CT molecular complexity index is 1410. The first-order valence-corrected chi connectivity index (χ1v) is 17.1. The summed E-state index contributed by atoms with van der Waals surface area (Å²) in [6.45, 7) is 12.6. The quantitative estimate of drug-likeness (QED) is 0.116. The lowest BCUT2D eigenvalue weighted by atomic mass is 10.0. The number of amides is 3. The van der Waals surface area contributed by atoms with Crippen molar-refractivity contribution in [3.05, 3.63) is 56.2 Å². The Morgan fingerprint density at radius 1 is 1.10 bits per heavy atom. The summed E-state index contributed by atoms with van der Waals surface area (Å²) in [4.78, 5) is 55.0. The number of benzene rings is 1. The first kappa shape index (κ1) is 30.8. The van der Waals surface area contributed by atoms with E-state index in [1.165, 1.54) is 17.0 Å². The fourth-order valence-electron chi connectivity index (χ4n) is 4.39. The van der Waals surface area contributed by atoms with Crippen molar-refractivity contribution < 1.29 is 19.4 Å². The number of hydrogen-bond acceptors (Lipinski definition) is 7. The predicted molar refractivity (Wildman–Crippen MR) is 155 cm³/mol. The molecule has 12 nitrogen and oxygen atoms in total. The van der Waals surface area contributed by atoms with E-state index in [0.717, 1.165) is 26.5 Å². The Labute approximate surface area is 234 Å². The summed E-state index contributed by atoms with van der Waals surface area (Å²) in [7, 11) is -1.31. The van der Waals surface area contributed by atoms with Gasteiger partial charge in [0.25, 0.3) is 11.5 Å². The molecule has 0 spiro atoms. The number of carbonyl (C=O) groups excluding carboxylic acids is 2. The van der Waals surface area contributed by atoms with E-state index in [1.54, 1.807) is 26.0 Å². The van der Waals surface area contributed by atoms with Crippen LogP contribution in [0.15, 0.2) is 33.9 Å². The second-order valence-corrected chi connectivity index (χ2v) is 17.3. The lowest BCUT2D eigenvalue weighted by molar-refractivity contribution is -0.135. The second-order valence-electron chi connectivity index (χ2n) is 11.7. The van der Waals surface area contributed by atoms with E-state index in [-0.39, 0.29) is 31.4 Å². The number of hydrogen-bond donors (Lipinski definition) is 3. The molecular weight excluding hydrogens is 532 g/mol. The van der Waals surface area contributed by atoms with Gasteiger partial charge in [-0.15, -0.1) is 0 Å². The monoisotopic (exact) mass is 572 g/mol. The molecule has 0 bridgehead atoms. The normalized spacial score (nSPS) is 15.2. The Morgan fingerprint density at radius 3 is 2.27 bits per heavy atom. The number of nitrogens with two attached hydrogens (primary N) is 1. The topological polar surface area (TPSA) is 164 Å². The number of ether oxygens (including phenoxy) is 1. The molecule has 2 aromatic rings. The van der Waals surface area contributed by atoms with Crippen LogP contribution in [0.3, 0.4) is 0 Å². The molecule has 0 radical (unpaired) electrons. The molecule has 3 rings (SSSR count). The molecule has 3 amide bonds. The number of urea groups is 1. The highest BCUT2D eigenvalue weighted by molar-refractivity contribution is 6.76. The Balaban J connectivity index is 1.87. The van der Waals surface area contributed by atoms with E-state index in [1.807, 2.05) is 6.92 Å². The van der Waals surface area contributed by atoms with Crippen molar-refractivity contribution in [3.63, 3.8) is 0 Å². The van der Waals surface area contributed by atoms with E-state index < -0.39 is 48.2 Å². The largest absolute Gasteiger partial charge is 0.494 e. The molecule has 218 valence electrons. The number of carbonyl (C=O) groups is 2. The predicted octanol–water partition coefficient (Wildman–Crippen LogP) is 2.64. The Morgan fingerprint density at radius 2 is 1.73 bits per heavy atom. The summed E-state index contributed by atoms with van der Waals surface area (Å²) in [5.74, 6) is -1.62. The highest BCUT2D eigenvalue weighted by Crippen LogP contribution is 2.29. The number of aromatic nitrogens is 2. The second kappa shape index (κ2) is 11.8. The molecule has 1 aliphatic rings. The van der Waals surface area contributed by atoms with E-state index in [4.69, 9.17) is 15.9 Å². The van der Waals surface area contributed by atoms with E-state index in [2.05, 4.69) is 19.6 Å². The van der Waals surface area contributed by atoms with Gasteiger partial charge in [-0.1, -0.05) is 45.1 Å². The number of aromatic hydroxyl groups is 1. The minimum atomic E-state index is -1.31.